The fourth-order valence-corrected chi connectivity index (χ4v) is 2.33. The third-order valence-corrected chi connectivity index (χ3v) is 3.75. The number of rotatable bonds is 5. The van der Waals surface area contributed by atoms with Crippen LogP contribution in [0.5, 0.6) is 5.75 Å². The van der Waals surface area contributed by atoms with Gasteiger partial charge in [-0.2, -0.15) is 10.5 Å². The molecule has 2 aromatic rings. The van der Waals surface area contributed by atoms with Gasteiger partial charge in [-0.25, -0.2) is 4.98 Å². The van der Waals surface area contributed by atoms with Gasteiger partial charge in [-0.15, -0.1) is 0 Å². The van der Waals surface area contributed by atoms with Gasteiger partial charge in [0.25, 0.3) is 0 Å². The van der Waals surface area contributed by atoms with Gasteiger partial charge in [-0.1, -0.05) is 12.1 Å². The predicted octanol–water partition coefficient (Wildman–Crippen LogP) is 1.99. The van der Waals surface area contributed by atoms with Gasteiger partial charge in [0.1, 0.15) is 30.6 Å². The normalized spacial score (nSPS) is 11.6. The van der Waals surface area contributed by atoms with E-state index in [2.05, 4.69) is 4.98 Å². The standard InChI is InChI=1S/C17H18N4O2/c1-11-4-5-12(2)17(13(11)3)23-9-14(22)8-21-10-20-15(6-18)16(21)7-19/h4-5,10,14,22H,8-9H2,1-3H3. The average Bonchev–Trinajstić information content (AvgIpc) is 2.92. The Morgan fingerprint density at radius 1 is 1.22 bits per heavy atom. The van der Waals surface area contributed by atoms with Gasteiger partial charge in [-0.3, -0.25) is 0 Å². The van der Waals surface area contributed by atoms with E-state index in [4.69, 9.17) is 15.3 Å². The van der Waals surface area contributed by atoms with Crippen molar-refractivity contribution in [2.24, 2.45) is 0 Å². The van der Waals surface area contributed by atoms with Crippen LogP contribution in [0.4, 0.5) is 0 Å². The maximum atomic E-state index is 10.2. The molecule has 1 N–H and O–H groups in total. The molecule has 0 fully saturated rings. The number of aliphatic hydroxyl groups is 1. The first-order valence-corrected chi connectivity index (χ1v) is 7.21. The largest absolute Gasteiger partial charge is 0.490 e. The molecule has 0 bridgehead atoms. The number of benzene rings is 1. The van der Waals surface area contributed by atoms with Crippen LogP contribution in [0.15, 0.2) is 18.5 Å². The van der Waals surface area contributed by atoms with Gasteiger partial charge in [0.15, 0.2) is 11.4 Å². The summed E-state index contributed by atoms with van der Waals surface area (Å²) in [5.74, 6) is 0.771. The van der Waals surface area contributed by atoms with E-state index in [1.54, 1.807) is 0 Å². The van der Waals surface area contributed by atoms with E-state index in [0.29, 0.717) is 0 Å². The van der Waals surface area contributed by atoms with Gasteiger partial charge >= 0.3 is 0 Å². The number of hydrogen-bond acceptors (Lipinski definition) is 5. The predicted molar refractivity (Wildman–Crippen MR) is 83.8 cm³/mol. The van der Waals surface area contributed by atoms with Gasteiger partial charge in [0.05, 0.1) is 12.9 Å². The summed E-state index contributed by atoms with van der Waals surface area (Å²) >= 11 is 0. The van der Waals surface area contributed by atoms with Crippen LogP contribution in [0.3, 0.4) is 0 Å². The summed E-state index contributed by atoms with van der Waals surface area (Å²) < 4.78 is 7.22. The summed E-state index contributed by atoms with van der Waals surface area (Å²) in [5.41, 5.74) is 3.39. The first-order chi connectivity index (χ1) is 11.0. The molecule has 1 aromatic carbocycles. The van der Waals surface area contributed by atoms with Crippen LogP contribution in [0.2, 0.25) is 0 Å². The molecule has 0 aliphatic carbocycles. The maximum absolute atomic E-state index is 10.2. The van der Waals surface area contributed by atoms with Crippen LogP contribution < -0.4 is 4.74 Å². The molecule has 118 valence electrons. The highest BCUT2D eigenvalue weighted by Gasteiger charge is 2.15. The molecule has 6 heteroatoms. The van der Waals surface area contributed by atoms with Crippen LogP contribution in [0.1, 0.15) is 28.1 Å². The van der Waals surface area contributed by atoms with Crippen molar-refractivity contribution < 1.29 is 9.84 Å². The van der Waals surface area contributed by atoms with E-state index in [1.807, 2.05) is 45.0 Å². The van der Waals surface area contributed by atoms with E-state index in [1.165, 1.54) is 10.9 Å². The highest BCUT2D eigenvalue weighted by Crippen LogP contribution is 2.25. The lowest BCUT2D eigenvalue weighted by molar-refractivity contribution is 0.0916. The van der Waals surface area contributed by atoms with Gasteiger partial charge in [0.2, 0.25) is 0 Å². The second-order valence-electron chi connectivity index (χ2n) is 5.44. The third-order valence-electron chi connectivity index (χ3n) is 3.75. The topological polar surface area (TPSA) is 94.9 Å². The van der Waals surface area contributed by atoms with E-state index in [9.17, 15) is 5.11 Å². The first kappa shape index (κ1) is 16.5. The van der Waals surface area contributed by atoms with E-state index in [0.717, 1.165) is 22.4 Å². The Bertz CT molecular complexity index is 796. The number of aryl methyl sites for hydroxylation is 2. The molecule has 1 aromatic heterocycles. The molecule has 1 unspecified atom stereocenters. The maximum Gasteiger partial charge on any atom is 0.176 e. The Morgan fingerprint density at radius 2 is 1.91 bits per heavy atom. The molecule has 1 heterocycles. The van der Waals surface area contributed by atoms with Gasteiger partial charge in [-0.05, 0) is 37.5 Å². The number of nitrogens with zero attached hydrogens (tertiary/aromatic N) is 4. The van der Waals surface area contributed by atoms with E-state index in [-0.39, 0.29) is 24.5 Å². The van der Waals surface area contributed by atoms with Crippen LogP contribution in [-0.2, 0) is 6.54 Å². The number of imidazole rings is 1. The monoisotopic (exact) mass is 310 g/mol. The molecule has 0 spiro atoms. The highest BCUT2D eigenvalue weighted by molar-refractivity contribution is 5.44. The molecule has 0 aliphatic heterocycles. The third kappa shape index (κ3) is 3.50. The van der Waals surface area contributed by atoms with Gasteiger partial charge < -0.3 is 14.4 Å². The molecular formula is C17H18N4O2. The summed E-state index contributed by atoms with van der Waals surface area (Å²) in [6.07, 6.45) is 0.561. The lowest BCUT2D eigenvalue weighted by Crippen LogP contribution is -2.24. The van der Waals surface area contributed by atoms with E-state index >= 15 is 0 Å². The summed E-state index contributed by atoms with van der Waals surface area (Å²) in [4.78, 5) is 3.84. The lowest BCUT2D eigenvalue weighted by atomic mass is 10.1. The Kier molecular flexibility index (Phi) is 5.00. The van der Waals surface area contributed by atoms with Crippen molar-refractivity contribution >= 4 is 0 Å². The summed E-state index contributed by atoms with van der Waals surface area (Å²) in [5, 5.41) is 28.1. The molecule has 0 saturated carbocycles. The quantitative estimate of drug-likeness (QED) is 0.911. The smallest absolute Gasteiger partial charge is 0.176 e. The zero-order valence-corrected chi connectivity index (χ0v) is 13.4. The van der Waals surface area contributed by atoms with Crippen LogP contribution in [0, 0.1) is 43.4 Å². The van der Waals surface area contributed by atoms with Crippen molar-refractivity contribution in [1.82, 2.24) is 9.55 Å². The summed E-state index contributed by atoms with van der Waals surface area (Å²) in [6.45, 7) is 6.17. The van der Waals surface area contributed by atoms with Crippen molar-refractivity contribution in [1.29, 1.82) is 10.5 Å². The molecule has 6 nitrogen and oxygen atoms in total. The fraction of sp³-hybridized carbons (Fsp3) is 0.353. The summed E-state index contributed by atoms with van der Waals surface area (Å²) in [6, 6.07) is 7.79. The highest BCUT2D eigenvalue weighted by atomic mass is 16.5. The first-order valence-electron chi connectivity index (χ1n) is 7.21. The molecular weight excluding hydrogens is 292 g/mol. The molecule has 0 saturated heterocycles. The molecule has 0 aliphatic rings. The SMILES string of the molecule is Cc1ccc(C)c(OCC(O)Cn2cnc(C#N)c2C#N)c1C. The van der Waals surface area contributed by atoms with Crippen LogP contribution in [0.25, 0.3) is 0 Å². The van der Waals surface area contributed by atoms with Crippen LogP contribution in [-0.4, -0.2) is 27.4 Å². The van der Waals surface area contributed by atoms with Crippen molar-refractivity contribution in [3.8, 4) is 17.9 Å². The molecule has 23 heavy (non-hydrogen) atoms. The van der Waals surface area contributed by atoms with Crippen molar-refractivity contribution in [3.05, 3.63) is 46.5 Å². The van der Waals surface area contributed by atoms with Gasteiger partial charge in [0, 0.05) is 0 Å². The van der Waals surface area contributed by atoms with Crippen molar-refractivity contribution in [2.75, 3.05) is 6.61 Å². The fourth-order valence-electron chi connectivity index (χ4n) is 2.33. The average molecular weight is 310 g/mol. The number of ether oxygens (including phenoxy) is 1. The zero-order valence-electron chi connectivity index (χ0n) is 13.4. The van der Waals surface area contributed by atoms with Crippen molar-refractivity contribution in [2.45, 2.75) is 33.4 Å². The Labute approximate surface area is 135 Å². The zero-order chi connectivity index (χ0) is 17.0. The Balaban J connectivity index is 2.06. The number of nitriles is 2. The van der Waals surface area contributed by atoms with E-state index < -0.39 is 6.10 Å². The van der Waals surface area contributed by atoms with Crippen molar-refractivity contribution in [3.63, 3.8) is 0 Å². The molecule has 1 atom stereocenters. The number of aliphatic hydroxyl groups excluding tert-OH is 1. The summed E-state index contributed by atoms with van der Waals surface area (Å²) in [7, 11) is 0. The molecule has 0 radical (unpaired) electrons. The second-order valence-corrected chi connectivity index (χ2v) is 5.44. The number of hydrogen-bond donors (Lipinski definition) is 1. The Hall–Kier alpha value is -2.83. The molecule has 2 rings (SSSR count). The molecule has 0 amide bonds. The number of aromatic nitrogens is 2. The minimum atomic E-state index is -0.817. The second kappa shape index (κ2) is 6.95. The van der Waals surface area contributed by atoms with Crippen LogP contribution >= 0.6 is 0 Å². The lowest BCUT2D eigenvalue weighted by Gasteiger charge is -2.17. The minimum Gasteiger partial charge on any atom is -0.490 e. The Morgan fingerprint density at radius 3 is 2.57 bits per heavy atom. The minimum absolute atomic E-state index is 0.0611.